The molecule has 0 unspecified atom stereocenters. The van der Waals surface area contributed by atoms with Gasteiger partial charge in [-0.3, -0.25) is 9.59 Å². The zero-order chi connectivity index (χ0) is 58.7. The molecular formula is C70H36N4O2S10. The molecule has 10 heterocycles. The lowest BCUT2D eigenvalue weighted by molar-refractivity contribution is 0.103. The second-order valence-electron chi connectivity index (χ2n) is 21.3. The van der Waals surface area contributed by atoms with Gasteiger partial charge in [-0.1, -0.05) is 48.5 Å². The zero-order valence-corrected chi connectivity index (χ0v) is 53.7. The Balaban J connectivity index is 0.894. The highest BCUT2D eigenvalue weighted by Crippen LogP contribution is 2.72. The molecule has 0 saturated carbocycles. The van der Waals surface area contributed by atoms with Crippen molar-refractivity contribution in [1.82, 2.24) is 0 Å². The van der Waals surface area contributed by atoms with E-state index in [4.69, 9.17) is 0 Å². The Bertz CT molecular complexity index is 4920. The van der Waals surface area contributed by atoms with E-state index in [1.807, 2.05) is 151 Å². The quantitative estimate of drug-likeness (QED) is 0.110. The summed E-state index contributed by atoms with van der Waals surface area (Å²) in [5.41, 5.74) is 7.60. The molecule has 0 amide bonds. The lowest BCUT2D eigenvalue weighted by Gasteiger charge is -2.30. The van der Waals surface area contributed by atoms with Gasteiger partial charge in [-0.15, -0.1) is 113 Å². The SMILES string of the molecule is Cc1ccc(C2(c3ccc(C)s3)c3cc(-c4ccc(C=C5C(=O)c6ccccc6C5=C(C#N)C#N)s4)sc3-c3sc4c5c(sc4c32)-c2sc(-c3ccc(C=C4C(=O)c6ccccc6C4=C(C#N)C#N)s3)cc2C5(c2ccc(C)s2)c2ccc(C)s2)s1. The van der Waals surface area contributed by atoms with E-state index >= 15 is 0 Å². The molecule has 16 heteroatoms. The maximum atomic E-state index is 14.0. The molecular weight excluding hydrogens is 1250 g/mol. The van der Waals surface area contributed by atoms with Gasteiger partial charge in [0.2, 0.25) is 0 Å². The van der Waals surface area contributed by atoms with Gasteiger partial charge in [0.05, 0.1) is 39.7 Å². The second kappa shape index (κ2) is 19.7. The number of rotatable bonds is 8. The van der Waals surface area contributed by atoms with Crippen LogP contribution >= 0.6 is 113 Å². The van der Waals surface area contributed by atoms with Crippen molar-refractivity contribution >= 4 is 158 Å². The number of carbonyl (C=O) groups is 2. The molecule has 4 aliphatic rings. The van der Waals surface area contributed by atoms with Crippen LogP contribution in [0.25, 0.3) is 71.7 Å². The van der Waals surface area contributed by atoms with Crippen molar-refractivity contribution in [2.24, 2.45) is 0 Å². The molecule has 0 saturated heterocycles. The van der Waals surface area contributed by atoms with E-state index in [-0.39, 0.29) is 22.7 Å². The highest BCUT2D eigenvalue weighted by Gasteiger charge is 2.57. The number of hydrogen-bond acceptors (Lipinski definition) is 16. The van der Waals surface area contributed by atoms with Crippen LogP contribution in [0.3, 0.4) is 0 Å². The molecule has 2 aromatic carbocycles. The van der Waals surface area contributed by atoms with Gasteiger partial charge >= 0.3 is 0 Å². The summed E-state index contributed by atoms with van der Waals surface area (Å²) in [4.78, 5) is 49.5. The topological polar surface area (TPSA) is 129 Å². The van der Waals surface area contributed by atoms with Crippen molar-refractivity contribution < 1.29 is 9.59 Å². The molecule has 10 aromatic heterocycles. The lowest BCUT2D eigenvalue weighted by atomic mass is 9.75. The molecule has 408 valence electrons. The van der Waals surface area contributed by atoms with Crippen molar-refractivity contribution in [2.75, 3.05) is 0 Å². The number of Topliss-reactive ketones (excluding diaryl/α,β-unsaturated/α-hetero) is 2. The van der Waals surface area contributed by atoms with Gasteiger partial charge in [0.15, 0.2) is 11.6 Å². The van der Waals surface area contributed by atoms with Crippen LogP contribution in [0, 0.1) is 73.0 Å². The van der Waals surface area contributed by atoms with E-state index in [9.17, 15) is 30.6 Å². The van der Waals surface area contributed by atoms with Crippen LogP contribution in [-0.2, 0) is 10.8 Å². The number of ketones is 2. The van der Waals surface area contributed by atoms with Crippen molar-refractivity contribution in [1.29, 1.82) is 21.0 Å². The molecule has 6 nitrogen and oxygen atoms in total. The third-order valence-electron chi connectivity index (χ3n) is 16.6. The monoisotopic (exact) mass is 1280 g/mol. The molecule has 0 spiro atoms. The number of nitrogens with zero attached hydrogens (tertiary/aromatic N) is 4. The Kier molecular flexibility index (Phi) is 12.3. The molecule has 0 atom stereocenters. The molecule has 16 rings (SSSR count). The first-order valence-corrected chi connectivity index (χ1v) is 35.2. The first-order valence-electron chi connectivity index (χ1n) is 27.1. The minimum atomic E-state index is -0.617. The Morgan fingerprint density at radius 1 is 0.384 bits per heavy atom. The predicted molar refractivity (Wildman–Crippen MR) is 361 cm³/mol. The van der Waals surface area contributed by atoms with Crippen LogP contribution in [0.4, 0.5) is 0 Å². The smallest absolute Gasteiger partial charge is 0.194 e. The summed E-state index contributed by atoms with van der Waals surface area (Å²) in [6.45, 7) is 8.82. The number of benzene rings is 2. The molecule has 0 N–H and O–H groups in total. The van der Waals surface area contributed by atoms with Crippen LogP contribution in [0.1, 0.15) is 103 Å². The van der Waals surface area contributed by atoms with E-state index in [1.54, 1.807) is 34.8 Å². The Labute approximate surface area is 533 Å². The third-order valence-corrected chi connectivity index (χ3v) is 28.6. The summed E-state index contributed by atoms with van der Waals surface area (Å²) in [6.07, 6.45) is 3.71. The van der Waals surface area contributed by atoms with Crippen molar-refractivity contribution in [2.45, 2.75) is 38.5 Å². The predicted octanol–water partition coefficient (Wildman–Crippen LogP) is 20.9. The fourth-order valence-electron chi connectivity index (χ4n) is 13.0. The van der Waals surface area contributed by atoms with Crippen LogP contribution in [-0.4, -0.2) is 11.6 Å². The van der Waals surface area contributed by atoms with Crippen LogP contribution in [0.2, 0.25) is 0 Å². The van der Waals surface area contributed by atoms with E-state index in [0.717, 1.165) is 29.3 Å². The summed E-state index contributed by atoms with van der Waals surface area (Å²) in [6, 6.07) is 54.4. The zero-order valence-electron chi connectivity index (χ0n) is 45.5. The van der Waals surface area contributed by atoms with Gasteiger partial charge < -0.3 is 0 Å². The fourth-order valence-corrected chi connectivity index (χ4v) is 25.4. The van der Waals surface area contributed by atoms with Gasteiger partial charge in [-0.25, -0.2) is 0 Å². The molecule has 0 fully saturated rings. The lowest BCUT2D eigenvalue weighted by Crippen LogP contribution is -2.26. The van der Waals surface area contributed by atoms with Gasteiger partial charge in [0.25, 0.3) is 0 Å². The van der Waals surface area contributed by atoms with E-state index in [0.29, 0.717) is 44.5 Å². The Morgan fingerprint density at radius 2 is 0.733 bits per heavy atom. The minimum Gasteiger partial charge on any atom is -0.289 e. The summed E-state index contributed by atoms with van der Waals surface area (Å²) < 4.78 is 2.64. The van der Waals surface area contributed by atoms with Crippen molar-refractivity contribution in [3.05, 3.63) is 249 Å². The maximum Gasteiger partial charge on any atom is 0.194 e. The summed E-state index contributed by atoms with van der Waals surface area (Å²) in [7, 11) is 0. The number of carbonyl (C=O) groups excluding carboxylic acids is 2. The van der Waals surface area contributed by atoms with E-state index in [2.05, 4.69) is 125 Å². The highest BCUT2D eigenvalue weighted by atomic mass is 32.1. The average molecular weight is 1290 g/mol. The third kappa shape index (κ3) is 7.41. The van der Waals surface area contributed by atoms with E-state index in [1.165, 1.54) is 90.2 Å². The summed E-state index contributed by atoms with van der Waals surface area (Å²) in [5, 5.41) is 40.3. The summed E-state index contributed by atoms with van der Waals surface area (Å²) in [5.74, 6) is -0.381. The average Bonchev–Trinajstić information content (AvgIpc) is 1.50. The van der Waals surface area contributed by atoms with Gasteiger partial charge in [-0.2, -0.15) is 21.0 Å². The Morgan fingerprint density at radius 3 is 1.06 bits per heavy atom. The highest BCUT2D eigenvalue weighted by molar-refractivity contribution is 7.36. The number of hydrogen-bond donors (Lipinski definition) is 0. The maximum absolute atomic E-state index is 14.0. The van der Waals surface area contributed by atoms with Crippen LogP contribution < -0.4 is 0 Å². The van der Waals surface area contributed by atoms with Gasteiger partial charge in [0.1, 0.15) is 35.4 Å². The first kappa shape index (κ1) is 53.4. The van der Waals surface area contributed by atoms with Crippen LogP contribution in [0.15, 0.2) is 156 Å². The van der Waals surface area contributed by atoms with E-state index < -0.39 is 10.8 Å². The van der Waals surface area contributed by atoms with Crippen molar-refractivity contribution in [3.8, 4) is 63.3 Å². The molecule has 86 heavy (non-hydrogen) atoms. The summed E-state index contributed by atoms with van der Waals surface area (Å²) >= 11 is 18.3. The molecule has 4 aliphatic carbocycles. The molecule has 12 aromatic rings. The number of fused-ring (bicyclic) bond motifs is 11. The minimum absolute atomic E-state index is 0.0763. The standard InChI is InChI=1S/C70H36N4O2S10/c1-33-13-21-53(77-33)69(54-22-14-34(2)78-54)47-27-51(49-19-17-39(81-49)25-45-57(37(29-71)30-72)41-9-5-7-11-43(41)61(45)75)83-63(47)65-59(69)67-68(85-65)60-66(86-67)64-48(70(60,55-23-15-35(3)79-55)56-24-16-36(4)80-56)28-52(84-64)50-20-18-40(82-50)26-46-58(38(31-73)32-74)42-10-6-8-12-44(42)62(46)76/h5-28H,1-4H3. The van der Waals surface area contributed by atoms with Gasteiger partial charge in [0, 0.05) is 113 Å². The number of allylic oxidation sites excluding steroid dienone is 6. The Hall–Kier alpha value is -8.04. The van der Waals surface area contributed by atoms with Crippen LogP contribution in [0.5, 0.6) is 0 Å². The second-order valence-corrected chi connectivity index (χ2v) is 32.9. The molecule has 0 bridgehead atoms. The normalized spacial score (nSPS) is 15.6. The van der Waals surface area contributed by atoms with Gasteiger partial charge in [-0.05, 0) is 147 Å². The number of aryl methyl sites for hydroxylation is 4. The largest absolute Gasteiger partial charge is 0.289 e. The number of nitriles is 4. The molecule has 0 radical (unpaired) electrons. The number of thiophene rings is 10. The fraction of sp³-hybridized carbons (Fsp3) is 0.0857. The molecule has 0 aliphatic heterocycles. The van der Waals surface area contributed by atoms with Crippen molar-refractivity contribution in [3.63, 3.8) is 0 Å². The first-order chi connectivity index (χ1) is 41.9.